The summed E-state index contributed by atoms with van der Waals surface area (Å²) in [6.07, 6.45) is 1.44. The highest BCUT2D eigenvalue weighted by Crippen LogP contribution is 2.17. The molecule has 0 aliphatic carbocycles. The first kappa shape index (κ1) is 15.3. The highest BCUT2D eigenvalue weighted by molar-refractivity contribution is 5.79. The predicted molar refractivity (Wildman–Crippen MR) is 68.3 cm³/mol. The van der Waals surface area contributed by atoms with E-state index in [0.717, 1.165) is 6.42 Å². The summed E-state index contributed by atoms with van der Waals surface area (Å²) in [5.41, 5.74) is 5.26. The summed E-state index contributed by atoms with van der Waals surface area (Å²) >= 11 is 0. The Balaban J connectivity index is 2.56. The van der Waals surface area contributed by atoms with Gasteiger partial charge in [-0.3, -0.25) is 9.59 Å². The molecule has 3 N–H and O–H groups in total. The van der Waals surface area contributed by atoms with E-state index >= 15 is 0 Å². The van der Waals surface area contributed by atoms with E-state index in [0.29, 0.717) is 19.5 Å². The van der Waals surface area contributed by atoms with Gasteiger partial charge in [-0.15, -0.1) is 0 Å². The molecule has 0 aromatic heterocycles. The Morgan fingerprint density at radius 1 is 1.47 bits per heavy atom. The van der Waals surface area contributed by atoms with Crippen molar-refractivity contribution in [3.05, 3.63) is 0 Å². The molecule has 1 fully saturated rings. The molecule has 0 radical (unpaired) electrons. The second-order valence-corrected chi connectivity index (χ2v) is 5.09. The molecule has 108 valence electrons. The van der Waals surface area contributed by atoms with Gasteiger partial charge >= 0.3 is 12.0 Å². The Morgan fingerprint density at radius 2 is 2.11 bits per heavy atom. The highest BCUT2D eigenvalue weighted by atomic mass is 16.4. The van der Waals surface area contributed by atoms with Gasteiger partial charge in [-0.05, 0) is 12.8 Å². The van der Waals surface area contributed by atoms with Gasteiger partial charge in [0.2, 0.25) is 5.91 Å². The molecule has 3 amide bonds. The lowest BCUT2D eigenvalue weighted by atomic mass is 9.98. The predicted octanol–water partition coefficient (Wildman–Crippen LogP) is -0.0438. The first-order valence-corrected chi connectivity index (χ1v) is 6.35. The van der Waals surface area contributed by atoms with Crippen LogP contribution in [-0.2, 0) is 9.59 Å². The molecule has 19 heavy (non-hydrogen) atoms. The smallest absolute Gasteiger partial charge is 0.319 e. The Labute approximate surface area is 112 Å². The number of nitrogens with zero attached hydrogens (tertiary/aromatic N) is 2. The molecule has 1 saturated heterocycles. The number of primary amides is 1. The summed E-state index contributed by atoms with van der Waals surface area (Å²) in [5, 5.41) is 8.83. The molecular weight excluding hydrogens is 250 g/mol. The number of carboxylic acid groups (broad SMARTS) is 1. The number of aliphatic carboxylic acids is 1. The highest BCUT2D eigenvalue weighted by Gasteiger charge is 2.29. The van der Waals surface area contributed by atoms with Gasteiger partial charge in [0.25, 0.3) is 0 Å². The van der Waals surface area contributed by atoms with Crippen molar-refractivity contribution in [1.82, 2.24) is 9.80 Å². The summed E-state index contributed by atoms with van der Waals surface area (Å²) in [6, 6.07) is -0.251. The van der Waals surface area contributed by atoms with Crippen molar-refractivity contribution >= 4 is 17.9 Å². The third-order valence-electron chi connectivity index (χ3n) is 3.39. The van der Waals surface area contributed by atoms with E-state index in [1.807, 2.05) is 0 Å². The van der Waals surface area contributed by atoms with Crippen LogP contribution in [-0.4, -0.2) is 59.5 Å². The first-order chi connectivity index (χ1) is 8.82. The van der Waals surface area contributed by atoms with Gasteiger partial charge in [0, 0.05) is 26.7 Å². The van der Waals surface area contributed by atoms with Crippen LogP contribution in [0, 0.1) is 11.8 Å². The summed E-state index contributed by atoms with van der Waals surface area (Å²) in [5.74, 6) is -2.25. The van der Waals surface area contributed by atoms with Crippen LogP contribution in [0.25, 0.3) is 0 Å². The summed E-state index contributed by atoms with van der Waals surface area (Å²) in [6.45, 7) is 2.59. The fourth-order valence-corrected chi connectivity index (χ4v) is 2.19. The number of urea groups is 1. The number of hydrogen-bond acceptors (Lipinski definition) is 3. The minimum Gasteiger partial charge on any atom is -0.481 e. The van der Waals surface area contributed by atoms with Gasteiger partial charge in [-0.1, -0.05) is 6.92 Å². The second kappa shape index (κ2) is 6.40. The quantitative estimate of drug-likeness (QED) is 0.748. The number of carbonyl (C=O) groups excluding carboxylic acids is 2. The fraction of sp³-hybridized carbons (Fsp3) is 0.750. The van der Waals surface area contributed by atoms with E-state index in [1.54, 1.807) is 18.9 Å². The molecular formula is C12H21N3O4. The van der Waals surface area contributed by atoms with Crippen LogP contribution in [0.5, 0.6) is 0 Å². The number of nitrogens with two attached hydrogens (primary N) is 1. The normalized spacial score (nSPS) is 20.7. The molecule has 2 unspecified atom stereocenters. The van der Waals surface area contributed by atoms with Crippen LogP contribution in [0.15, 0.2) is 0 Å². The van der Waals surface area contributed by atoms with Crippen molar-refractivity contribution in [1.29, 1.82) is 0 Å². The topological polar surface area (TPSA) is 104 Å². The van der Waals surface area contributed by atoms with Gasteiger partial charge in [0.1, 0.15) is 0 Å². The third-order valence-corrected chi connectivity index (χ3v) is 3.39. The first-order valence-electron chi connectivity index (χ1n) is 6.35. The Morgan fingerprint density at radius 3 is 2.63 bits per heavy atom. The van der Waals surface area contributed by atoms with Crippen molar-refractivity contribution in [2.45, 2.75) is 19.8 Å². The minimum atomic E-state index is -0.937. The molecule has 1 heterocycles. The molecule has 0 spiro atoms. The van der Waals surface area contributed by atoms with E-state index in [-0.39, 0.29) is 24.4 Å². The largest absolute Gasteiger partial charge is 0.481 e. The van der Waals surface area contributed by atoms with Crippen LogP contribution in [0.3, 0.4) is 0 Å². The average molecular weight is 271 g/mol. The maximum Gasteiger partial charge on any atom is 0.319 e. The molecule has 0 aromatic carbocycles. The van der Waals surface area contributed by atoms with Gasteiger partial charge in [-0.25, -0.2) is 4.79 Å². The van der Waals surface area contributed by atoms with Crippen LogP contribution >= 0.6 is 0 Å². The van der Waals surface area contributed by atoms with E-state index in [1.165, 1.54) is 4.90 Å². The SMILES string of the molecule is CC(CN(C)C(=O)N1CCCC(C(N)=O)C1)C(=O)O. The number of amides is 3. The van der Waals surface area contributed by atoms with E-state index in [4.69, 9.17) is 10.8 Å². The van der Waals surface area contributed by atoms with Crippen LogP contribution in [0.4, 0.5) is 4.79 Å². The fourth-order valence-electron chi connectivity index (χ4n) is 2.19. The third kappa shape index (κ3) is 4.11. The molecule has 1 aliphatic rings. The molecule has 7 nitrogen and oxygen atoms in total. The lowest BCUT2D eigenvalue weighted by molar-refractivity contribution is -0.141. The van der Waals surface area contributed by atoms with E-state index < -0.39 is 11.9 Å². The maximum absolute atomic E-state index is 12.1. The van der Waals surface area contributed by atoms with Crippen molar-refractivity contribution in [3.63, 3.8) is 0 Å². The van der Waals surface area contributed by atoms with Gasteiger partial charge in [0.05, 0.1) is 11.8 Å². The van der Waals surface area contributed by atoms with Crippen molar-refractivity contribution in [3.8, 4) is 0 Å². The number of rotatable bonds is 4. The zero-order chi connectivity index (χ0) is 14.6. The lowest BCUT2D eigenvalue weighted by Crippen LogP contribution is -2.49. The number of carbonyl (C=O) groups is 3. The molecule has 2 atom stereocenters. The Hall–Kier alpha value is -1.79. The Kier molecular flexibility index (Phi) is 5.14. The minimum absolute atomic E-state index is 0.145. The van der Waals surface area contributed by atoms with Crippen LogP contribution in [0.1, 0.15) is 19.8 Å². The zero-order valence-corrected chi connectivity index (χ0v) is 11.3. The number of likely N-dealkylation sites (tertiary alicyclic amines) is 1. The van der Waals surface area contributed by atoms with Crippen molar-refractivity contribution < 1.29 is 19.5 Å². The molecule has 0 bridgehead atoms. The van der Waals surface area contributed by atoms with Crippen LogP contribution in [0.2, 0.25) is 0 Å². The van der Waals surface area contributed by atoms with Gasteiger partial charge in [0.15, 0.2) is 0 Å². The number of hydrogen-bond donors (Lipinski definition) is 2. The maximum atomic E-state index is 12.1. The van der Waals surface area contributed by atoms with E-state index in [9.17, 15) is 14.4 Å². The van der Waals surface area contributed by atoms with Gasteiger partial charge in [-0.2, -0.15) is 0 Å². The molecule has 0 saturated carbocycles. The monoisotopic (exact) mass is 271 g/mol. The second-order valence-electron chi connectivity index (χ2n) is 5.09. The number of piperidine rings is 1. The van der Waals surface area contributed by atoms with Crippen LogP contribution < -0.4 is 5.73 Å². The molecule has 1 rings (SSSR count). The Bertz CT molecular complexity index is 372. The van der Waals surface area contributed by atoms with E-state index in [2.05, 4.69) is 0 Å². The van der Waals surface area contributed by atoms with Crippen molar-refractivity contribution in [2.24, 2.45) is 17.6 Å². The summed E-state index contributed by atoms with van der Waals surface area (Å²) in [7, 11) is 1.57. The van der Waals surface area contributed by atoms with Crippen molar-refractivity contribution in [2.75, 3.05) is 26.7 Å². The molecule has 0 aromatic rings. The van der Waals surface area contributed by atoms with Gasteiger partial charge < -0.3 is 20.6 Å². The zero-order valence-electron chi connectivity index (χ0n) is 11.3. The standard InChI is InChI=1S/C12H21N3O4/c1-8(11(17)18)6-14(2)12(19)15-5-3-4-9(7-15)10(13)16/h8-9H,3-7H2,1-2H3,(H2,13,16)(H,17,18). The average Bonchev–Trinajstić information content (AvgIpc) is 2.37. The number of carboxylic acids is 1. The molecule has 1 aliphatic heterocycles. The lowest BCUT2D eigenvalue weighted by Gasteiger charge is -2.34. The summed E-state index contributed by atoms with van der Waals surface area (Å²) in [4.78, 5) is 37.0. The molecule has 7 heteroatoms. The summed E-state index contributed by atoms with van der Waals surface area (Å²) < 4.78 is 0.